The van der Waals surface area contributed by atoms with E-state index in [0.717, 1.165) is 0 Å². The number of nitrogens with one attached hydrogen (secondary N) is 1. The van der Waals surface area contributed by atoms with Crippen LogP contribution in [0.2, 0.25) is 0 Å². The van der Waals surface area contributed by atoms with Crippen molar-refractivity contribution in [2.24, 2.45) is 0 Å². The van der Waals surface area contributed by atoms with Crippen LogP contribution in [0.25, 0.3) is 0 Å². The van der Waals surface area contributed by atoms with Gasteiger partial charge < -0.3 is 19.9 Å². The third kappa shape index (κ3) is 2.82. The van der Waals surface area contributed by atoms with Crippen LogP contribution >= 0.6 is 0 Å². The number of carbonyl (C=O) groups excluding carboxylic acids is 1. The minimum Gasteiger partial charge on any atom is -0.480 e. The van der Waals surface area contributed by atoms with Crippen molar-refractivity contribution in [3.63, 3.8) is 0 Å². The van der Waals surface area contributed by atoms with E-state index in [2.05, 4.69) is 21.4 Å². The van der Waals surface area contributed by atoms with Crippen LogP contribution in [0.4, 0.5) is 4.79 Å². The minimum atomic E-state index is -1.15. The molecule has 2 rings (SSSR count). The Morgan fingerprint density at radius 2 is 2.37 bits per heavy atom. The van der Waals surface area contributed by atoms with E-state index in [0.29, 0.717) is 25.5 Å². The second-order valence-electron chi connectivity index (χ2n) is 4.11. The zero-order valence-corrected chi connectivity index (χ0v) is 10.1. The number of aromatic nitrogens is 3. The van der Waals surface area contributed by atoms with Crippen molar-refractivity contribution in [1.82, 2.24) is 25.0 Å². The average molecular weight is 263 g/mol. The van der Waals surface area contributed by atoms with E-state index in [4.69, 9.17) is 11.5 Å². The molecule has 0 aromatic carbocycles. The lowest BCUT2D eigenvalue weighted by Gasteiger charge is -2.28. The largest absolute Gasteiger partial charge is 0.480 e. The molecule has 0 aliphatic carbocycles. The zero-order chi connectivity index (χ0) is 13.8. The number of urea groups is 1. The van der Waals surface area contributed by atoms with Crippen LogP contribution in [0.15, 0.2) is 6.33 Å². The van der Waals surface area contributed by atoms with E-state index in [9.17, 15) is 9.59 Å². The summed E-state index contributed by atoms with van der Waals surface area (Å²) in [6.45, 7) is 1.36. The Balaban J connectivity index is 1.98. The molecule has 1 aliphatic rings. The van der Waals surface area contributed by atoms with E-state index in [-0.39, 0.29) is 6.42 Å². The predicted molar refractivity (Wildman–Crippen MR) is 63.8 cm³/mol. The van der Waals surface area contributed by atoms with Gasteiger partial charge in [0.2, 0.25) is 0 Å². The summed E-state index contributed by atoms with van der Waals surface area (Å²) in [5.74, 6) is 1.75. The molecule has 8 heteroatoms. The van der Waals surface area contributed by atoms with Gasteiger partial charge in [0.25, 0.3) is 0 Å². The summed E-state index contributed by atoms with van der Waals surface area (Å²) in [5, 5.41) is 19.0. The van der Waals surface area contributed by atoms with E-state index in [1.54, 1.807) is 6.33 Å². The average Bonchev–Trinajstić information content (AvgIpc) is 2.85. The molecule has 8 nitrogen and oxygen atoms in total. The number of hydrogen-bond donors (Lipinski definition) is 2. The third-order valence-electron chi connectivity index (χ3n) is 2.84. The van der Waals surface area contributed by atoms with E-state index in [1.165, 1.54) is 4.90 Å². The molecular formula is C11H13N5O3. The Hall–Kier alpha value is -2.56. The number of carboxylic acid groups (broad SMARTS) is 1. The van der Waals surface area contributed by atoms with Gasteiger partial charge in [0, 0.05) is 19.5 Å². The number of amides is 2. The molecule has 2 amide bonds. The fourth-order valence-corrected chi connectivity index (χ4v) is 1.80. The van der Waals surface area contributed by atoms with Crippen molar-refractivity contribution in [3.8, 4) is 12.3 Å². The number of terminal acetylenes is 1. The van der Waals surface area contributed by atoms with Crippen molar-refractivity contribution in [1.29, 1.82) is 0 Å². The summed E-state index contributed by atoms with van der Waals surface area (Å²) in [6, 6.07) is -1.53. The molecule has 2 heterocycles. The van der Waals surface area contributed by atoms with Crippen molar-refractivity contribution >= 4 is 12.0 Å². The summed E-state index contributed by atoms with van der Waals surface area (Å²) in [5.41, 5.74) is 0. The maximum atomic E-state index is 11.9. The van der Waals surface area contributed by atoms with Gasteiger partial charge in [-0.1, -0.05) is 0 Å². The first-order chi connectivity index (χ1) is 9.11. The summed E-state index contributed by atoms with van der Waals surface area (Å²) in [6.07, 6.45) is 6.62. The standard InChI is InChI=1S/C11H13N5O3/c1-2-3-8(10(17)18)13-11(19)15-4-5-16-7-12-14-9(16)6-15/h1,7-8H,3-6H2,(H,13,19)(H,17,18). The molecule has 100 valence electrons. The number of carbonyl (C=O) groups is 2. The van der Waals surface area contributed by atoms with Crippen molar-refractivity contribution in [3.05, 3.63) is 12.2 Å². The van der Waals surface area contributed by atoms with Crippen LogP contribution in [-0.4, -0.2) is 49.4 Å². The smallest absolute Gasteiger partial charge is 0.327 e. The fraction of sp³-hybridized carbons (Fsp3) is 0.455. The van der Waals surface area contributed by atoms with Gasteiger partial charge in [0.1, 0.15) is 12.4 Å². The topological polar surface area (TPSA) is 100 Å². The summed E-state index contributed by atoms with van der Waals surface area (Å²) < 4.78 is 1.85. The molecule has 0 spiro atoms. The Labute approximate surface area is 109 Å². The molecule has 19 heavy (non-hydrogen) atoms. The lowest BCUT2D eigenvalue weighted by atomic mass is 10.2. The van der Waals surface area contributed by atoms with Crippen LogP contribution in [0.5, 0.6) is 0 Å². The quantitative estimate of drug-likeness (QED) is 0.701. The van der Waals surface area contributed by atoms with Gasteiger partial charge in [-0.05, 0) is 0 Å². The van der Waals surface area contributed by atoms with Gasteiger partial charge in [-0.15, -0.1) is 22.5 Å². The highest BCUT2D eigenvalue weighted by Gasteiger charge is 2.25. The number of aliphatic carboxylic acids is 1. The molecule has 1 atom stereocenters. The molecule has 0 saturated heterocycles. The molecule has 0 radical (unpaired) electrons. The zero-order valence-electron chi connectivity index (χ0n) is 10.1. The normalized spacial score (nSPS) is 15.2. The van der Waals surface area contributed by atoms with Crippen LogP contribution in [-0.2, 0) is 17.9 Å². The number of rotatable bonds is 3. The van der Waals surface area contributed by atoms with Crippen LogP contribution in [0.3, 0.4) is 0 Å². The Morgan fingerprint density at radius 1 is 1.58 bits per heavy atom. The maximum absolute atomic E-state index is 11.9. The lowest BCUT2D eigenvalue weighted by molar-refractivity contribution is -0.139. The molecule has 0 bridgehead atoms. The van der Waals surface area contributed by atoms with Crippen molar-refractivity contribution in [2.75, 3.05) is 6.54 Å². The van der Waals surface area contributed by atoms with Gasteiger partial charge in [-0.3, -0.25) is 0 Å². The highest BCUT2D eigenvalue weighted by atomic mass is 16.4. The monoisotopic (exact) mass is 263 g/mol. The molecule has 0 saturated carbocycles. The SMILES string of the molecule is C#CCC(NC(=O)N1CCn2cnnc2C1)C(=O)O. The Kier molecular flexibility index (Phi) is 3.66. The van der Waals surface area contributed by atoms with Crippen molar-refractivity contribution in [2.45, 2.75) is 25.6 Å². The minimum absolute atomic E-state index is 0.0505. The molecular weight excluding hydrogens is 250 g/mol. The molecule has 1 aliphatic heterocycles. The number of nitrogens with zero attached hydrogens (tertiary/aromatic N) is 4. The molecule has 1 aromatic rings. The van der Waals surface area contributed by atoms with Crippen molar-refractivity contribution < 1.29 is 14.7 Å². The molecule has 0 fully saturated rings. The predicted octanol–water partition coefficient (Wildman–Crippen LogP) is -0.720. The third-order valence-corrected chi connectivity index (χ3v) is 2.84. The highest BCUT2D eigenvalue weighted by Crippen LogP contribution is 2.09. The molecule has 2 N–H and O–H groups in total. The van der Waals surface area contributed by atoms with Gasteiger partial charge in [0.15, 0.2) is 5.82 Å². The second-order valence-corrected chi connectivity index (χ2v) is 4.11. The van der Waals surface area contributed by atoms with Crippen LogP contribution < -0.4 is 5.32 Å². The Morgan fingerprint density at radius 3 is 3.05 bits per heavy atom. The summed E-state index contributed by atoms with van der Waals surface area (Å²) >= 11 is 0. The van der Waals surface area contributed by atoms with Gasteiger partial charge >= 0.3 is 12.0 Å². The Bertz CT molecular complexity index is 533. The second kappa shape index (κ2) is 5.39. The van der Waals surface area contributed by atoms with E-state index < -0.39 is 18.0 Å². The summed E-state index contributed by atoms with van der Waals surface area (Å²) in [7, 11) is 0. The first-order valence-corrected chi connectivity index (χ1v) is 5.70. The van der Waals surface area contributed by atoms with Gasteiger partial charge in [-0.2, -0.15) is 0 Å². The lowest BCUT2D eigenvalue weighted by Crippen LogP contribution is -2.49. The molecule has 1 aromatic heterocycles. The maximum Gasteiger partial charge on any atom is 0.327 e. The first-order valence-electron chi connectivity index (χ1n) is 5.70. The van der Waals surface area contributed by atoms with Crippen LogP contribution in [0, 0.1) is 12.3 Å². The van der Waals surface area contributed by atoms with E-state index in [1.807, 2.05) is 4.57 Å². The van der Waals surface area contributed by atoms with Gasteiger partial charge in [-0.25, -0.2) is 9.59 Å². The number of hydrogen-bond acceptors (Lipinski definition) is 4. The van der Waals surface area contributed by atoms with Gasteiger partial charge in [0.05, 0.1) is 6.54 Å². The molecule has 1 unspecified atom stereocenters. The van der Waals surface area contributed by atoms with E-state index >= 15 is 0 Å². The summed E-state index contributed by atoms with van der Waals surface area (Å²) in [4.78, 5) is 24.3. The first kappa shape index (κ1) is 12.9. The number of fused-ring (bicyclic) bond motifs is 1. The van der Waals surface area contributed by atoms with Crippen LogP contribution in [0.1, 0.15) is 12.2 Å². The highest BCUT2D eigenvalue weighted by molar-refractivity contribution is 5.82. The fourth-order valence-electron chi connectivity index (χ4n) is 1.80. The number of carboxylic acids is 1.